The Hall–Kier alpha value is -3.97. The molecule has 0 amide bonds. The van der Waals surface area contributed by atoms with Gasteiger partial charge in [-0.25, -0.2) is 9.38 Å². The first-order chi connectivity index (χ1) is 17.6. The van der Waals surface area contributed by atoms with Crippen molar-refractivity contribution in [1.29, 1.82) is 0 Å². The van der Waals surface area contributed by atoms with E-state index in [4.69, 9.17) is 14.5 Å². The van der Waals surface area contributed by atoms with Gasteiger partial charge in [-0.05, 0) is 65.4 Å². The second-order valence-corrected chi connectivity index (χ2v) is 9.79. The van der Waals surface area contributed by atoms with Crippen molar-refractivity contribution in [1.82, 2.24) is 4.57 Å². The van der Waals surface area contributed by atoms with Crippen LogP contribution in [0.15, 0.2) is 82.1 Å². The molecule has 0 unspecified atom stereocenters. The van der Waals surface area contributed by atoms with Crippen LogP contribution in [-0.4, -0.2) is 18.8 Å². The average Bonchev–Trinajstić information content (AvgIpc) is 3.21. The van der Waals surface area contributed by atoms with Gasteiger partial charge in [0, 0.05) is 5.56 Å². The van der Waals surface area contributed by atoms with E-state index in [1.165, 1.54) is 29.0 Å². The Kier molecular flexibility index (Phi) is 5.57. The molecule has 2 aliphatic rings. The summed E-state index contributed by atoms with van der Waals surface area (Å²) in [6.07, 6.45) is 3.45. The first-order valence-corrected chi connectivity index (χ1v) is 12.5. The number of aromatic nitrogens is 1. The molecule has 36 heavy (non-hydrogen) atoms. The van der Waals surface area contributed by atoms with Crippen LogP contribution in [0.1, 0.15) is 34.7 Å². The van der Waals surface area contributed by atoms with Crippen LogP contribution in [0.2, 0.25) is 0 Å². The van der Waals surface area contributed by atoms with Crippen molar-refractivity contribution < 1.29 is 13.9 Å². The minimum absolute atomic E-state index is 0.145. The third-order valence-corrected chi connectivity index (χ3v) is 7.73. The molecule has 7 heteroatoms. The van der Waals surface area contributed by atoms with E-state index in [1.54, 1.807) is 24.9 Å². The quantitative estimate of drug-likeness (QED) is 0.417. The molecule has 5 nitrogen and oxygen atoms in total. The molecule has 0 spiro atoms. The molecule has 1 aliphatic carbocycles. The molecule has 0 fully saturated rings. The largest absolute Gasteiger partial charge is 0.493 e. The molecule has 4 aromatic rings. The summed E-state index contributed by atoms with van der Waals surface area (Å²) in [5, 5.41) is 0. The van der Waals surface area contributed by atoms with Crippen LogP contribution in [0.4, 0.5) is 4.39 Å². The number of allylic oxidation sites excluding steroid dienone is 1. The summed E-state index contributed by atoms with van der Waals surface area (Å²) in [7, 11) is 3.17. The van der Waals surface area contributed by atoms with E-state index < -0.39 is 6.04 Å². The van der Waals surface area contributed by atoms with E-state index in [-0.39, 0.29) is 11.4 Å². The molecule has 0 bridgehead atoms. The third kappa shape index (κ3) is 3.67. The number of aryl methyl sites for hydroxylation is 1. The minimum Gasteiger partial charge on any atom is -0.493 e. The molecule has 3 aromatic carbocycles. The second-order valence-electron chi connectivity index (χ2n) is 8.78. The number of fused-ring (bicyclic) bond motifs is 3. The van der Waals surface area contributed by atoms with Gasteiger partial charge in [0.1, 0.15) is 5.82 Å². The predicted octanol–water partition coefficient (Wildman–Crippen LogP) is 4.48. The number of hydrogen-bond donors (Lipinski definition) is 0. The normalized spacial score (nSPS) is 16.6. The van der Waals surface area contributed by atoms with Crippen molar-refractivity contribution in [3.05, 3.63) is 120 Å². The second kappa shape index (κ2) is 8.91. The Bertz CT molecular complexity index is 1720. The van der Waals surface area contributed by atoms with Crippen molar-refractivity contribution in [3.8, 4) is 11.5 Å². The van der Waals surface area contributed by atoms with Crippen LogP contribution >= 0.6 is 11.3 Å². The number of benzene rings is 3. The van der Waals surface area contributed by atoms with Gasteiger partial charge >= 0.3 is 0 Å². The van der Waals surface area contributed by atoms with Gasteiger partial charge in [0.05, 0.1) is 30.5 Å². The Balaban J connectivity index is 1.59. The molecule has 0 saturated heterocycles. The van der Waals surface area contributed by atoms with E-state index in [0.29, 0.717) is 20.8 Å². The number of halogens is 1. The van der Waals surface area contributed by atoms with Crippen LogP contribution < -0.4 is 24.4 Å². The topological polar surface area (TPSA) is 52.8 Å². The van der Waals surface area contributed by atoms with E-state index in [1.807, 2.05) is 42.5 Å². The first-order valence-electron chi connectivity index (χ1n) is 11.7. The standard InChI is InChI=1S/C29H23FN2O3S/c1-34-23-13-10-17(14-24(23)35-2)15-25-28(33)32-27(19-7-5-8-20(30)16-19)22-12-11-18-6-3-4-9-21(18)26(22)31-29(32)36-25/h3-10,13-16,27H,11-12H2,1-2H3/b25-15-/t27-/m1/s1. The lowest BCUT2D eigenvalue weighted by atomic mass is 9.83. The number of methoxy groups -OCH3 is 2. The molecule has 0 radical (unpaired) electrons. The highest BCUT2D eigenvalue weighted by Gasteiger charge is 2.32. The van der Waals surface area contributed by atoms with Gasteiger partial charge in [0.2, 0.25) is 0 Å². The van der Waals surface area contributed by atoms with E-state index in [0.717, 1.165) is 40.8 Å². The number of nitrogens with zero attached hydrogens (tertiary/aromatic N) is 2. The smallest absolute Gasteiger partial charge is 0.271 e. The van der Waals surface area contributed by atoms with Crippen molar-refractivity contribution in [3.63, 3.8) is 0 Å². The minimum atomic E-state index is -0.409. The maximum absolute atomic E-state index is 14.3. The summed E-state index contributed by atoms with van der Waals surface area (Å²) in [5.41, 5.74) is 5.67. The monoisotopic (exact) mass is 498 g/mol. The highest BCUT2D eigenvalue weighted by molar-refractivity contribution is 7.07. The molecule has 2 heterocycles. The highest BCUT2D eigenvalue weighted by atomic mass is 32.1. The fourth-order valence-electron chi connectivity index (χ4n) is 5.09. The van der Waals surface area contributed by atoms with Crippen molar-refractivity contribution in [2.75, 3.05) is 14.2 Å². The number of rotatable bonds is 4. The van der Waals surface area contributed by atoms with Crippen LogP contribution in [0.3, 0.4) is 0 Å². The summed E-state index contributed by atoms with van der Waals surface area (Å²) >= 11 is 1.34. The Morgan fingerprint density at radius 3 is 2.64 bits per heavy atom. The molecule has 1 aliphatic heterocycles. The lowest BCUT2D eigenvalue weighted by molar-refractivity contribution is 0.355. The SMILES string of the molecule is COc1ccc(/C=c2\sc3n(c2=O)[C@H](c2cccc(F)c2)C2=C(N=3)c3ccccc3CC2)cc1OC. The molecule has 180 valence electrons. The van der Waals surface area contributed by atoms with E-state index in [2.05, 4.69) is 12.1 Å². The summed E-state index contributed by atoms with van der Waals surface area (Å²) in [5.74, 6) is 0.882. The lowest BCUT2D eigenvalue weighted by Crippen LogP contribution is -2.38. The van der Waals surface area contributed by atoms with Gasteiger partial charge in [0.15, 0.2) is 16.3 Å². The predicted molar refractivity (Wildman–Crippen MR) is 139 cm³/mol. The first kappa shape index (κ1) is 22.5. The van der Waals surface area contributed by atoms with Gasteiger partial charge in [-0.15, -0.1) is 0 Å². The number of hydrogen-bond acceptors (Lipinski definition) is 5. The van der Waals surface area contributed by atoms with Crippen LogP contribution in [-0.2, 0) is 6.42 Å². The molecule has 0 saturated carbocycles. The zero-order valence-electron chi connectivity index (χ0n) is 19.8. The number of thiazole rings is 1. The molecular formula is C29H23FN2O3S. The lowest BCUT2D eigenvalue weighted by Gasteiger charge is -2.30. The molecule has 0 N–H and O–H groups in total. The summed E-state index contributed by atoms with van der Waals surface area (Å²) in [6.45, 7) is 0. The van der Waals surface area contributed by atoms with Gasteiger partial charge in [0.25, 0.3) is 5.56 Å². The fraction of sp³-hybridized carbons (Fsp3) is 0.172. The third-order valence-electron chi connectivity index (χ3n) is 6.74. The van der Waals surface area contributed by atoms with Crippen LogP contribution in [0.25, 0.3) is 11.8 Å². The van der Waals surface area contributed by atoms with Crippen molar-refractivity contribution in [2.24, 2.45) is 4.99 Å². The highest BCUT2D eigenvalue weighted by Crippen LogP contribution is 2.41. The maximum Gasteiger partial charge on any atom is 0.271 e. The zero-order valence-corrected chi connectivity index (χ0v) is 20.6. The van der Waals surface area contributed by atoms with E-state index in [9.17, 15) is 9.18 Å². The van der Waals surface area contributed by atoms with Crippen molar-refractivity contribution in [2.45, 2.75) is 18.9 Å². The molecule has 6 rings (SSSR count). The van der Waals surface area contributed by atoms with Crippen molar-refractivity contribution >= 4 is 23.1 Å². The summed E-state index contributed by atoms with van der Waals surface area (Å²) < 4.78 is 27.4. The van der Waals surface area contributed by atoms with Crippen LogP contribution in [0.5, 0.6) is 11.5 Å². The fourth-order valence-corrected chi connectivity index (χ4v) is 6.09. The van der Waals surface area contributed by atoms with Gasteiger partial charge in [-0.2, -0.15) is 0 Å². The summed E-state index contributed by atoms with van der Waals surface area (Å²) in [4.78, 5) is 19.4. The van der Waals surface area contributed by atoms with Gasteiger partial charge in [-0.3, -0.25) is 9.36 Å². The zero-order chi connectivity index (χ0) is 24.8. The Morgan fingerprint density at radius 2 is 1.83 bits per heavy atom. The Morgan fingerprint density at radius 1 is 1.00 bits per heavy atom. The van der Waals surface area contributed by atoms with Gasteiger partial charge in [-0.1, -0.05) is 53.8 Å². The maximum atomic E-state index is 14.3. The number of ether oxygens (including phenoxy) is 2. The van der Waals surface area contributed by atoms with E-state index >= 15 is 0 Å². The average molecular weight is 499 g/mol. The summed E-state index contributed by atoms with van der Waals surface area (Å²) in [6, 6.07) is 19.9. The molecule has 1 aromatic heterocycles. The molecule has 1 atom stereocenters. The molecular weight excluding hydrogens is 475 g/mol. The van der Waals surface area contributed by atoms with Gasteiger partial charge < -0.3 is 9.47 Å². The van der Waals surface area contributed by atoms with Crippen LogP contribution in [0, 0.1) is 5.82 Å². The Labute approximate surface area is 211 Å².